The van der Waals surface area contributed by atoms with Crippen molar-refractivity contribution in [1.29, 1.82) is 0 Å². The van der Waals surface area contributed by atoms with Crippen molar-refractivity contribution in [2.24, 2.45) is 5.92 Å². The van der Waals surface area contributed by atoms with Gasteiger partial charge in [-0.25, -0.2) is 0 Å². The average molecular weight is 186 g/mol. The van der Waals surface area contributed by atoms with Gasteiger partial charge in [-0.15, -0.1) is 0 Å². The lowest BCUT2D eigenvalue weighted by molar-refractivity contribution is -0.147. The predicted octanol–water partition coefficient (Wildman–Crippen LogP) is 0.545. The number of Topliss-reactive ketones (excluding diaryl/α,β-unsaturated/α-hetero) is 1. The molecule has 4 nitrogen and oxygen atoms in total. The summed E-state index contributed by atoms with van der Waals surface area (Å²) < 4.78 is 9.74. The Labute approximate surface area is 77.2 Å². The summed E-state index contributed by atoms with van der Waals surface area (Å²) in [5.74, 6) is -0.369. The first kappa shape index (κ1) is 10.2. The van der Waals surface area contributed by atoms with E-state index in [1.165, 1.54) is 6.92 Å². The van der Waals surface area contributed by atoms with E-state index in [1.54, 1.807) is 0 Å². The van der Waals surface area contributed by atoms with E-state index in [0.717, 1.165) is 12.8 Å². The van der Waals surface area contributed by atoms with Crippen molar-refractivity contribution in [2.75, 3.05) is 19.8 Å². The van der Waals surface area contributed by atoms with Crippen LogP contribution in [0.3, 0.4) is 0 Å². The monoisotopic (exact) mass is 186 g/mol. The molecule has 0 aliphatic carbocycles. The molecule has 0 atom stereocenters. The van der Waals surface area contributed by atoms with Crippen LogP contribution in [0.5, 0.6) is 0 Å². The third-order valence-electron chi connectivity index (χ3n) is 2.09. The smallest absolute Gasteiger partial charge is 0.303 e. The van der Waals surface area contributed by atoms with Gasteiger partial charge in [0, 0.05) is 26.1 Å². The van der Waals surface area contributed by atoms with Gasteiger partial charge in [0.15, 0.2) is 5.78 Å². The van der Waals surface area contributed by atoms with Crippen LogP contribution in [-0.2, 0) is 19.1 Å². The van der Waals surface area contributed by atoms with E-state index in [2.05, 4.69) is 4.74 Å². The summed E-state index contributed by atoms with van der Waals surface area (Å²) in [4.78, 5) is 21.8. The predicted molar refractivity (Wildman–Crippen MR) is 45.2 cm³/mol. The van der Waals surface area contributed by atoms with Crippen molar-refractivity contribution in [3.8, 4) is 0 Å². The first-order valence-corrected chi connectivity index (χ1v) is 4.44. The fourth-order valence-electron chi connectivity index (χ4n) is 1.31. The Kier molecular flexibility index (Phi) is 3.89. The SMILES string of the molecule is CC(=O)OCC(=O)C1CCOCC1. The highest BCUT2D eigenvalue weighted by molar-refractivity contribution is 5.84. The molecule has 0 N–H and O–H groups in total. The van der Waals surface area contributed by atoms with Crippen LogP contribution in [0.4, 0.5) is 0 Å². The minimum atomic E-state index is -0.402. The van der Waals surface area contributed by atoms with Crippen LogP contribution in [-0.4, -0.2) is 31.6 Å². The number of rotatable bonds is 3. The fourth-order valence-corrected chi connectivity index (χ4v) is 1.31. The molecule has 0 saturated carbocycles. The molecule has 0 bridgehead atoms. The molecule has 13 heavy (non-hydrogen) atoms. The van der Waals surface area contributed by atoms with Gasteiger partial charge in [0.25, 0.3) is 0 Å². The maximum absolute atomic E-state index is 11.4. The highest BCUT2D eigenvalue weighted by Gasteiger charge is 2.21. The molecule has 1 aliphatic rings. The van der Waals surface area contributed by atoms with E-state index in [0.29, 0.717) is 13.2 Å². The van der Waals surface area contributed by atoms with E-state index in [4.69, 9.17) is 4.74 Å². The van der Waals surface area contributed by atoms with E-state index >= 15 is 0 Å². The van der Waals surface area contributed by atoms with E-state index in [1.807, 2.05) is 0 Å². The number of carbonyl (C=O) groups excluding carboxylic acids is 2. The number of ketones is 1. The van der Waals surface area contributed by atoms with Crippen molar-refractivity contribution < 1.29 is 19.1 Å². The van der Waals surface area contributed by atoms with Gasteiger partial charge in [0.2, 0.25) is 0 Å². The Hall–Kier alpha value is -0.900. The van der Waals surface area contributed by atoms with Gasteiger partial charge < -0.3 is 9.47 Å². The third kappa shape index (κ3) is 3.55. The number of hydrogen-bond donors (Lipinski definition) is 0. The largest absolute Gasteiger partial charge is 0.458 e. The molecular formula is C9H14O4. The van der Waals surface area contributed by atoms with Crippen molar-refractivity contribution >= 4 is 11.8 Å². The number of carbonyl (C=O) groups is 2. The van der Waals surface area contributed by atoms with Crippen LogP contribution >= 0.6 is 0 Å². The van der Waals surface area contributed by atoms with E-state index in [-0.39, 0.29) is 18.3 Å². The van der Waals surface area contributed by atoms with Gasteiger partial charge in [0.1, 0.15) is 6.61 Å². The summed E-state index contributed by atoms with van der Waals surface area (Å²) in [6.07, 6.45) is 1.50. The van der Waals surface area contributed by atoms with Crippen molar-refractivity contribution in [2.45, 2.75) is 19.8 Å². The molecular weight excluding hydrogens is 172 g/mol. The van der Waals surface area contributed by atoms with Crippen LogP contribution < -0.4 is 0 Å². The highest BCUT2D eigenvalue weighted by Crippen LogP contribution is 2.15. The Morgan fingerprint density at radius 2 is 2.00 bits per heavy atom. The molecule has 0 unspecified atom stereocenters. The van der Waals surface area contributed by atoms with Crippen molar-refractivity contribution in [3.63, 3.8) is 0 Å². The zero-order valence-electron chi connectivity index (χ0n) is 7.75. The minimum Gasteiger partial charge on any atom is -0.458 e. The average Bonchev–Trinajstić information content (AvgIpc) is 2.15. The van der Waals surface area contributed by atoms with Crippen LogP contribution in [0.1, 0.15) is 19.8 Å². The lowest BCUT2D eigenvalue weighted by atomic mass is 9.96. The standard InChI is InChI=1S/C9H14O4/c1-7(10)13-6-9(11)8-2-4-12-5-3-8/h8H,2-6H2,1H3. The first-order chi connectivity index (χ1) is 6.20. The summed E-state index contributed by atoms with van der Waals surface area (Å²) in [5.41, 5.74) is 0. The van der Waals surface area contributed by atoms with Crippen LogP contribution in [0, 0.1) is 5.92 Å². The Balaban J connectivity index is 2.25. The maximum Gasteiger partial charge on any atom is 0.303 e. The number of esters is 1. The maximum atomic E-state index is 11.4. The molecule has 0 radical (unpaired) electrons. The van der Waals surface area contributed by atoms with Crippen LogP contribution in [0.25, 0.3) is 0 Å². The normalized spacial score (nSPS) is 18.2. The van der Waals surface area contributed by atoms with Gasteiger partial charge in [-0.05, 0) is 12.8 Å². The van der Waals surface area contributed by atoms with Crippen LogP contribution in [0.2, 0.25) is 0 Å². The van der Waals surface area contributed by atoms with Crippen molar-refractivity contribution in [3.05, 3.63) is 0 Å². The number of ether oxygens (including phenoxy) is 2. The molecule has 0 amide bonds. The second kappa shape index (κ2) is 4.97. The summed E-state index contributed by atoms with van der Waals surface area (Å²) in [6, 6.07) is 0. The van der Waals surface area contributed by atoms with Crippen LogP contribution in [0.15, 0.2) is 0 Å². The van der Waals surface area contributed by atoms with Gasteiger partial charge in [-0.2, -0.15) is 0 Å². The summed E-state index contributed by atoms with van der Waals surface area (Å²) in [7, 11) is 0. The first-order valence-electron chi connectivity index (χ1n) is 4.44. The Bertz CT molecular complexity index is 194. The molecule has 0 aromatic heterocycles. The van der Waals surface area contributed by atoms with Gasteiger partial charge >= 0.3 is 5.97 Å². The molecule has 0 aromatic rings. The zero-order chi connectivity index (χ0) is 9.68. The highest BCUT2D eigenvalue weighted by atomic mass is 16.5. The molecule has 1 heterocycles. The number of hydrogen-bond acceptors (Lipinski definition) is 4. The van der Waals surface area contributed by atoms with Gasteiger partial charge in [0.05, 0.1) is 0 Å². The Morgan fingerprint density at radius 3 is 2.54 bits per heavy atom. The molecule has 74 valence electrons. The van der Waals surface area contributed by atoms with E-state index < -0.39 is 5.97 Å². The lowest BCUT2D eigenvalue weighted by Gasteiger charge is -2.20. The minimum absolute atomic E-state index is 0.0125. The Morgan fingerprint density at radius 1 is 1.38 bits per heavy atom. The molecule has 1 saturated heterocycles. The second-order valence-corrected chi connectivity index (χ2v) is 3.13. The van der Waals surface area contributed by atoms with Gasteiger partial charge in [-0.1, -0.05) is 0 Å². The molecule has 1 rings (SSSR count). The third-order valence-corrected chi connectivity index (χ3v) is 2.09. The fraction of sp³-hybridized carbons (Fsp3) is 0.778. The molecule has 4 heteroatoms. The molecule has 0 aromatic carbocycles. The molecule has 1 fully saturated rings. The topological polar surface area (TPSA) is 52.6 Å². The van der Waals surface area contributed by atoms with Crippen molar-refractivity contribution in [1.82, 2.24) is 0 Å². The summed E-state index contributed by atoms with van der Waals surface area (Å²) >= 11 is 0. The zero-order valence-corrected chi connectivity index (χ0v) is 7.75. The van der Waals surface area contributed by atoms with Gasteiger partial charge in [-0.3, -0.25) is 9.59 Å². The summed E-state index contributed by atoms with van der Waals surface area (Å²) in [5, 5.41) is 0. The van der Waals surface area contributed by atoms with E-state index in [9.17, 15) is 9.59 Å². The molecule has 0 spiro atoms. The quantitative estimate of drug-likeness (QED) is 0.604. The second-order valence-electron chi connectivity index (χ2n) is 3.13. The lowest BCUT2D eigenvalue weighted by Crippen LogP contribution is -2.27. The molecule has 1 aliphatic heterocycles. The summed E-state index contributed by atoms with van der Waals surface area (Å²) in [6.45, 7) is 2.49.